The molecule has 86 valence electrons. The van der Waals surface area contributed by atoms with E-state index in [1.54, 1.807) is 12.3 Å². The molecule has 0 amide bonds. The standard InChI is InChI=1S/C14H13NO2/c1-8-11-5-4-6-12(9(2)16)14(11)13(7-15-8)10(3)17/h4-7H,1-3H3. The summed E-state index contributed by atoms with van der Waals surface area (Å²) in [6.45, 7) is 4.87. The summed E-state index contributed by atoms with van der Waals surface area (Å²) in [5.74, 6) is -0.111. The molecule has 0 N–H and O–H groups in total. The third kappa shape index (κ3) is 1.84. The van der Waals surface area contributed by atoms with E-state index >= 15 is 0 Å². The van der Waals surface area contributed by atoms with Crippen LogP contribution in [0, 0.1) is 6.92 Å². The third-order valence-corrected chi connectivity index (χ3v) is 2.87. The van der Waals surface area contributed by atoms with Gasteiger partial charge in [0.05, 0.1) is 0 Å². The number of benzene rings is 1. The lowest BCUT2D eigenvalue weighted by Crippen LogP contribution is -2.02. The summed E-state index contributed by atoms with van der Waals surface area (Å²) in [7, 11) is 0. The zero-order chi connectivity index (χ0) is 12.6. The van der Waals surface area contributed by atoms with Crippen LogP contribution in [0.3, 0.4) is 0 Å². The van der Waals surface area contributed by atoms with Crippen LogP contribution in [0.1, 0.15) is 40.3 Å². The van der Waals surface area contributed by atoms with Gasteiger partial charge in [0.1, 0.15) is 0 Å². The molecule has 3 nitrogen and oxygen atoms in total. The molecule has 2 aromatic rings. The van der Waals surface area contributed by atoms with Crippen molar-refractivity contribution in [2.75, 3.05) is 0 Å². The molecule has 17 heavy (non-hydrogen) atoms. The number of carbonyl (C=O) groups is 2. The first-order valence-corrected chi connectivity index (χ1v) is 5.42. The number of ketones is 2. The van der Waals surface area contributed by atoms with Crippen molar-refractivity contribution in [3.8, 4) is 0 Å². The predicted octanol–water partition coefficient (Wildman–Crippen LogP) is 2.95. The number of carbonyl (C=O) groups excluding carboxylic acids is 2. The number of fused-ring (bicyclic) bond motifs is 1. The van der Waals surface area contributed by atoms with Gasteiger partial charge in [0.2, 0.25) is 0 Å². The molecule has 0 fully saturated rings. The van der Waals surface area contributed by atoms with E-state index in [0.29, 0.717) is 11.1 Å². The Bertz CT molecular complexity index is 609. The first-order chi connectivity index (χ1) is 8.02. The summed E-state index contributed by atoms with van der Waals surface area (Å²) in [4.78, 5) is 27.4. The minimum Gasteiger partial charge on any atom is -0.294 e. The first kappa shape index (κ1) is 11.5. The van der Waals surface area contributed by atoms with Crippen LogP contribution in [0.25, 0.3) is 10.8 Å². The van der Waals surface area contributed by atoms with Crippen molar-refractivity contribution in [1.82, 2.24) is 4.98 Å². The number of aromatic nitrogens is 1. The molecule has 0 spiro atoms. The highest BCUT2D eigenvalue weighted by atomic mass is 16.1. The SMILES string of the molecule is CC(=O)c1cccc2c(C)ncc(C(C)=O)c12. The van der Waals surface area contributed by atoms with Gasteiger partial charge in [-0.1, -0.05) is 18.2 Å². The van der Waals surface area contributed by atoms with E-state index in [1.807, 2.05) is 19.1 Å². The van der Waals surface area contributed by atoms with Crippen LogP contribution in [-0.2, 0) is 0 Å². The fraction of sp³-hybridized carbons (Fsp3) is 0.214. The first-order valence-electron chi connectivity index (χ1n) is 5.42. The van der Waals surface area contributed by atoms with Gasteiger partial charge in [-0.15, -0.1) is 0 Å². The topological polar surface area (TPSA) is 47.0 Å². The molecule has 1 heterocycles. The molecule has 0 atom stereocenters. The number of pyridine rings is 1. The lowest BCUT2D eigenvalue weighted by molar-refractivity contribution is 0.101. The summed E-state index contributed by atoms with van der Waals surface area (Å²) in [6, 6.07) is 5.45. The second-order valence-corrected chi connectivity index (χ2v) is 4.10. The van der Waals surface area contributed by atoms with Crippen molar-refractivity contribution in [3.63, 3.8) is 0 Å². The molecule has 0 saturated heterocycles. The predicted molar refractivity (Wildman–Crippen MR) is 66.5 cm³/mol. The monoisotopic (exact) mass is 227 g/mol. The molecule has 0 radical (unpaired) electrons. The maximum absolute atomic E-state index is 11.6. The summed E-state index contributed by atoms with van der Waals surface area (Å²) in [5.41, 5.74) is 1.92. The molecule has 0 bridgehead atoms. The Morgan fingerprint density at radius 3 is 2.29 bits per heavy atom. The maximum Gasteiger partial charge on any atom is 0.161 e. The molecule has 3 heteroatoms. The number of hydrogen-bond acceptors (Lipinski definition) is 3. The molecule has 0 aliphatic rings. The quantitative estimate of drug-likeness (QED) is 0.741. The van der Waals surface area contributed by atoms with Crippen LogP contribution in [0.4, 0.5) is 0 Å². The van der Waals surface area contributed by atoms with Gasteiger partial charge in [-0.25, -0.2) is 0 Å². The van der Waals surface area contributed by atoms with E-state index in [0.717, 1.165) is 16.5 Å². The third-order valence-electron chi connectivity index (χ3n) is 2.87. The van der Waals surface area contributed by atoms with Gasteiger partial charge in [-0.2, -0.15) is 0 Å². The van der Waals surface area contributed by atoms with Gasteiger partial charge in [-0.3, -0.25) is 14.6 Å². The van der Waals surface area contributed by atoms with Gasteiger partial charge in [0, 0.05) is 33.8 Å². The largest absolute Gasteiger partial charge is 0.294 e. The van der Waals surface area contributed by atoms with Crippen molar-refractivity contribution >= 4 is 22.3 Å². The Hall–Kier alpha value is -2.03. The number of Topliss-reactive ketones (excluding diaryl/α,β-unsaturated/α-hetero) is 2. The van der Waals surface area contributed by atoms with Gasteiger partial charge in [-0.05, 0) is 20.8 Å². The summed E-state index contributed by atoms with van der Waals surface area (Å²) in [6.07, 6.45) is 1.55. The van der Waals surface area contributed by atoms with Crippen molar-refractivity contribution in [3.05, 3.63) is 41.2 Å². The van der Waals surface area contributed by atoms with Crippen LogP contribution < -0.4 is 0 Å². The Kier molecular flexibility index (Phi) is 2.76. The molecule has 1 aromatic carbocycles. The highest BCUT2D eigenvalue weighted by Crippen LogP contribution is 2.25. The average molecular weight is 227 g/mol. The van der Waals surface area contributed by atoms with Gasteiger partial charge in [0.15, 0.2) is 11.6 Å². The van der Waals surface area contributed by atoms with Gasteiger partial charge >= 0.3 is 0 Å². The minimum absolute atomic E-state index is 0.0382. The number of aryl methyl sites for hydroxylation is 1. The molecular weight excluding hydrogens is 214 g/mol. The van der Waals surface area contributed by atoms with Crippen LogP contribution in [0.5, 0.6) is 0 Å². The zero-order valence-electron chi connectivity index (χ0n) is 10.1. The summed E-state index contributed by atoms with van der Waals surface area (Å²) in [5, 5.41) is 1.59. The Balaban J connectivity index is 2.99. The van der Waals surface area contributed by atoms with Gasteiger partial charge < -0.3 is 0 Å². The Morgan fingerprint density at radius 1 is 1.06 bits per heavy atom. The zero-order valence-corrected chi connectivity index (χ0v) is 10.1. The number of hydrogen-bond donors (Lipinski definition) is 0. The van der Waals surface area contributed by atoms with E-state index in [-0.39, 0.29) is 11.6 Å². The second kappa shape index (κ2) is 4.09. The second-order valence-electron chi connectivity index (χ2n) is 4.10. The molecule has 0 aliphatic carbocycles. The highest BCUT2D eigenvalue weighted by Gasteiger charge is 2.14. The van der Waals surface area contributed by atoms with Crippen LogP contribution in [0.15, 0.2) is 24.4 Å². The van der Waals surface area contributed by atoms with Crippen molar-refractivity contribution in [2.24, 2.45) is 0 Å². The van der Waals surface area contributed by atoms with E-state index in [2.05, 4.69) is 4.98 Å². The highest BCUT2D eigenvalue weighted by molar-refractivity contribution is 6.15. The number of nitrogens with zero attached hydrogens (tertiary/aromatic N) is 1. The van der Waals surface area contributed by atoms with E-state index in [4.69, 9.17) is 0 Å². The van der Waals surface area contributed by atoms with Crippen LogP contribution >= 0.6 is 0 Å². The smallest absolute Gasteiger partial charge is 0.161 e. The Labute approximate surface area is 99.5 Å². The molecule has 0 unspecified atom stereocenters. The van der Waals surface area contributed by atoms with Crippen molar-refractivity contribution < 1.29 is 9.59 Å². The minimum atomic E-state index is -0.0730. The molecule has 1 aromatic heterocycles. The lowest BCUT2D eigenvalue weighted by atomic mass is 9.96. The fourth-order valence-electron chi connectivity index (χ4n) is 2.00. The fourth-order valence-corrected chi connectivity index (χ4v) is 2.00. The van der Waals surface area contributed by atoms with Crippen molar-refractivity contribution in [1.29, 1.82) is 0 Å². The van der Waals surface area contributed by atoms with Crippen LogP contribution in [0.2, 0.25) is 0 Å². The van der Waals surface area contributed by atoms with Crippen molar-refractivity contribution in [2.45, 2.75) is 20.8 Å². The summed E-state index contributed by atoms with van der Waals surface area (Å²) < 4.78 is 0. The summed E-state index contributed by atoms with van der Waals surface area (Å²) >= 11 is 0. The van der Waals surface area contributed by atoms with E-state index in [1.165, 1.54) is 13.8 Å². The molecule has 2 rings (SSSR count). The van der Waals surface area contributed by atoms with E-state index < -0.39 is 0 Å². The molecule has 0 saturated carbocycles. The number of rotatable bonds is 2. The Morgan fingerprint density at radius 2 is 1.71 bits per heavy atom. The molecule has 0 aliphatic heterocycles. The molecular formula is C14H13NO2. The maximum atomic E-state index is 11.6. The van der Waals surface area contributed by atoms with Crippen LogP contribution in [-0.4, -0.2) is 16.6 Å². The normalized spacial score (nSPS) is 10.5. The lowest BCUT2D eigenvalue weighted by Gasteiger charge is -2.09. The van der Waals surface area contributed by atoms with E-state index in [9.17, 15) is 9.59 Å². The average Bonchev–Trinajstić information content (AvgIpc) is 2.28. The van der Waals surface area contributed by atoms with Gasteiger partial charge in [0.25, 0.3) is 0 Å².